The molecular weight excluding hydrogens is 334 g/mol. The summed E-state index contributed by atoms with van der Waals surface area (Å²) in [7, 11) is 3.53. The van der Waals surface area contributed by atoms with Crippen molar-refractivity contribution in [2.45, 2.75) is 43.2 Å². The van der Waals surface area contributed by atoms with Gasteiger partial charge in [-0.1, -0.05) is 6.07 Å². The Morgan fingerprint density at radius 1 is 1.35 bits per heavy atom. The van der Waals surface area contributed by atoms with E-state index in [1.54, 1.807) is 13.0 Å². The first-order valence-corrected chi connectivity index (χ1v) is 9.04. The molecule has 3 N–H and O–H groups in total. The number of rotatable bonds is 2. The van der Waals surface area contributed by atoms with Crippen LogP contribution in [0.5, 0.6) is 11.5 Å². The molecule has 3 aliphatic rings. The Labute approximate surface area is 152 Å². The number of phenolic OH excluding ortho intramolecular Hbond substituents is 2. The fourth-order valence-electron chi connectivity index (χ4n) is 5.57. The second-order valence-corrected chi connectivity index (χ2v) is 7.90. The lowest BCUT2D eigenvalue weighted by atomic mass is 9.50. The lowest BCUT2D eigenvalue weighted by Crippen LogP contribution is -2.63. The summed E-state index contributed by atoms with van der Waals surface area (Å²) in [5.74, 6) is -0.415. The van der Waals surface area contributed by atoms with Gasteiger partial charge < -0.3 is 25.0 Å². The number of hydrogen-bond acceptors (Lipinski definition) is 6. The van der Waals surface area contributed by atoms with Gasteiger partial charge in [-0.15, -0.1) is 0 Å². The van der Waals surface area contributed by atoms with E-state index >= 15 is 0 Å². The number of likely N-dealkylation sites (tertiary alicyclic amines) is 1. The van der Waals surface area contributed by atoms with E-state index in [1.807, 2.05) is 13.1 Å². The first-order valence-electron chi connectivity index (χ1n) is 9.04. The number of piperidine rings is 1. The predicted molar refractivity (Wildman–Crippen MR) is 95.1 cm³/mol. The van der Waals surface area contributed by atoms with Crippen LogP contribution in [-0.2, 0) is 14.9 Å². The van der Waals surface area contributed by atoms with Crippen LogP contribution in [0.4, 0.5) is 0 Å². The Kier molecular flexibility index (Phi) is 3.82. The minimum absolute atomic E-state index is 0.0153. The lowest BCUT2D eigenvalue weighted by Gasteiger charge is -2.59. The first kappa shape index (κ1) is 17.4. The maximum Gasteiger partial charge on any atom is 0.197 e. The number of nitrogens with zero attached hydrogens (tertiary/aromatic N) is 1. The van der Waals surface area contributed by atoms with Crippen LogP contribution >= 0.6 is 0 Å². The first-order chi connectivity index (χ1) is 12.3. The monoisotopic (exact) mass is 359 g/mol. The van der Waals surface area contributed by atoms with Crippen LogP contribution in [0.1, 0.15) is 36.8 Å². The van der Waals surface area contributed by atoms with Crippen molar-refractivity contribution >= 4 is 5.78 Å². The molecule has 1 fully saturated rings. The smallest absolute Gasteiger partial charge is 0.197 e. The quantitative estimate of drug-likeness (QED) is 0.696. The van der Waals surface area contributed by atoms with Crippen molar-refractivity contribution in [3.63, 3.8) is 0 Å². The van der Waals surface area contributed by atoms with Gasteiger partial charge in [0.1, 0.15) is 0 Å². The van der Waals surface area contributed by atoms with Gasteiger partial charge in [-0.25, -0.2) is 0 Å². The molecule has 2 aliphatic carbocycles. The fraction of sp³-hybridized carbons (Fsp3) is 0.550. The van der Waals surface area contributed by atoms with E-state index in [1.165, 1.54) is 13.2 Å². The number of Topliss-reactive ketones (excluding diaryl/α,β-unsaturated/α-hetero) is 1. The molecule has 5 atom stereocenters. The average molecular weight is 359 g/mol. The number of allylic oxidation sites excluding steroid dienone is 1. The third-order valence-corrected chi connectivity index (χ3v) is 6.66. The Morgan fingerprint density at radius 2 is 2.08 bits per heavy atom. The summed E-state index contributed by atoms with van der Waals surface area (Å²) in [5.41, 5.74) is 0.863. The van der Waals surface area contributed by atoms with Crippen molar-refractivity contribution in [1.82, 2.24) is 4.90 Å². The van der Waals surface area contributed by atoms with Gasteiger partial charge in [0, 0.05) is 35.3 Å². The van der Waals surface area contributed by atoms with Gasteiger partial charge in [-0.2, -0.15) is 0 Å². The van der Waals surface area contributed by atoms with E-state index in [0.29, 0.717) is 17.7 Å². The molecule has 0 amide bonds. The third-order valence-electron chi connectivity index (χ3n) is 6.66. The Hall–Kier alpha value is -2.05. The van der Waals surface area contributed by atoms with E-state index in [-0.39, 0.29) is 41.6 Å². The summed E-state index contributed by atoms with van der Waals surface area (Å²) in [6.45, 7) is 2.51. The highest BCUT2D eigenvalue weighted by Gasteiger charge is 2.60. The number of methoxy groups -OCH3 is 1. The highest BCUT2D eigenvalue weighted by molar-refractivity contribution is 5.96. The van der Waals surface area contributed by atoms with Gasteiger partial charge >= 0.3 is 0 Å². The van der Waals surface area contributed by atoms with E-state index in [9.17, 15) is 20.1 Å². The van der Waals surface area contributed by atoms with E-state index < -0.39 is 11.5 Å². The van der Waals surface area contributed by atoms with Gasteiger partial charge in [-0.05, 0) is 44.6 Å². The van der Waals surface area contributed by atoms with Crippen LogP contribution in [-0.4, -0.2) is 58.9 Å². The second-order valence-electron chi connectivity index (χ2n) is 7.90. The molecule has 1 aliphatic heterocycles. The second kappa shape index (κ2) is 5.72. The number of fused-ring (bicyclic) bond motifs is 1. The summed E-state index contributed by atoms with van der Waals surface area (Å²) in [6.07, 6.45) is 2.16. The number of benzene rings is 1. The van der Waals surface area contributed by atoms with Gasteiger partial charge in [0.2, 0.25) is 0 Å². The molecule has 0 radical (unpaired) electrons. The zero-order valence-corrected chi connectivity index (χ0v) is 15.3. The van der Waals surface area contributed by atoms with Gasteiger partial charge in [-0.3, -0.25) is 4.79 Å². The fourth-order valence-corrected chi connectivity index (χ4v) is 5.57. The molecule has 0 saturated carbocycles. The third kappa shape index (κ3) is 2.09. The molecule has 0 aromatic heterocycles. The minimum Gasteiger partial charge on any atom is -0.504 e. The largest absolute Gasteiger partial charge is 0.504 e. The molecule has 1 aromatic rings. The summed E-state index contributed by atoms with van der Waals surface area (Å²) >= 11 is 0. The Balaban J connectivity index is 2.05. The SMILES string of the molecule is COC1=CC2[C@@H]3[C@H](C(C)O)c4ccc(O)c(O)c4[C@]2(CCN3C)CC1=O. The van der Waals surface area contributed by atoms with Crippen molar-refractivity contribution in [3.8, 4) is 11.5 Å². The number of ketones is 1. The average Bonchev–Trinajstić information content (AvgIpc) is 2.59. The number of phenols is 2. The van der Waals surface area contributed by atoms with Crippen LogP contribution in [0.3, 0.4) is 0 Å². The zero-order chi connectivity index (χ0) is 18.8. The molecule has 1 aromatic carbocycles. The number of aliphatic hydroxyl groups excluding tert-OH is 1. The molecule has 26 heavy (non-hydrogen) atoms. The van der Waals surface area contributed by atoms with Crippen LogP contribution in [0.25, 0.3) is 0 Å². The van der Waals surface area contributed by atoms with Crippen molar-refractivity contribution in [1.29, 1.82) is 0 Å². The zero-order valence-electron chi connectivity index (χ0n) is 15.3. The molecule has 0 spiro atoms. The summed E-state index contributed by atoms with van der Waals surface area (Å²) in [6, 6.07) is 3.24. The molecule has 2 bridgehead atoms. The molecule has 4 rings (SSSR count). The van der Waals surface area contributed by atoms with E-state index in [2.05, 4.69) is 4.90 Å². The van der Waals surface area contributed by atoms with Crippen molar-refractivity contribution in [3.05, 3.63) is 35.1 Å². The summed E-state index contributed by atoms with van der Waals surface area (Å²) in [5, 5.41) is 31.5. The molecule has 1 saturated heterocycles. The minimum atomic E-state index is -0.640. The highest BCUT2D eigenvalue weighted by atomic mass is 16.5. The maximum atomic E-state index is 12.7. The number of carbonyl (C=O) groups is 1. The van der Waals surface area contributed by atoms with Crippen molar-refractivity contribution < 1.29 is 24.9 Å². The highest BCUT2D eigenvalue weighted by Crippen LogP contribution is 2.61. The van der Waals surface area contributed by atoms with E-state index in [4.69, 9.17) is 4.74 Å². The van der Waals surface area contributed by atoms with Crippen LogP contribution < -0.4 is 0 Å². The van der Waals surface area contributed by atoms with Gasteiger partial charge in [0.15, 0.2) is 23.0 Å². The molecule has 1 heterocycles. The molecule has 2 unspecified atom stereocenters. The molecule has 6 nitrogen and oxygen atoms in total. The summed E-state index contributed by atoms with van der Waals surface area (Å²) in [4.78, 5) is 14.9. The number of likely N-dealkylation sites (N-methyl/N-ethyl adjacent to an activating group) is 1. The lowest BCUT2D eigenvalue weighted by molar-refractivity contribution is -0.123. The topological polar surface area (TPSA) is 90.2 Å². The summed E-state index contributed by atoms with van der Waals surface area (Å²) < 4.78 is 5.31. The number of carbonyl (C=O) groups excluding carboxylic acids is 1. The predicted octanol–water partition coefficient (Wildman–Crippen LogP) is 1.64. The molecule has 140 valence electrons. The standard InChI is InChI=1S/C20H25NO5/c1-10(22)16-11-4-5-13(23)19(25)17(11)20-6-7-21(2)18(16)12(20)8-15(26-3)14(24)9-20/h4-5,8,10,12,16,18,22-23,25H,6-7,9H2,1-3H3/t10?,12?,16-,18-,20-/m1/s1. The number of ether oxygens (including phenoxy) is 1. The molecular formula is C20H25NO5. The van der Waals surface area contributed by atoms with Gasteiger partial charge in [0.05, 0.1) is 13.2 Å². The van der Waals surface area contributed by atoms with Crippen molar-refractivity contribution in [2.24, 2.45) is 5.92 Å². The van der Waals surface area contributed by atoms with Crippen LogP contribution in [0.15, 0.2) is 24.0 Å². The maximum absolute atomic E-state index is 12.7. The van der Waals surface area contributed by atoms with E-state index in [0.717, 1.165) is 12.1 Å². The number of hydrogen-bond donors (Lipinski definition) is 3. The van der Waals surface area contributed by atoms with Gasteiger partial charge in [0.25, 0.3) is 0 Å². The molecule has 6 heteroatoms. The normalized spacial score (nSPS) is 34.5. The Morgan fingerprint density at radius 3 is 2.73 bits per heavy atom. The van der Waals surface area contributed by atoms with Crippen molar-refractivity contribution in [2.75, 3.05) is 20.7 Å². The Bertz CT molecular complexity index is 802. The van der Waals surface area contributed by atoms with Crippen LogP contribution in [0.2, 0.25) is 0 Å². The number of aliphatic hydroxyl groups is 1. The van der Waals surface area contributed by atoms with Crippen LogP contribution in [0, 0.1) is 5.92 Å². The number of aromatic hydroxyl groups is 2.